The molecule has 4 aliphatic carbocycles. The topological polar surface area (TPSA) is 6.48 Å². The van der Waals surface area contributed by atoms with E-state index in [0.717, 1.165) is 5.69 Å². The molecule has 1 heterocycles. The second kappa shape index (κ2) is 14.6. The molecule has 0 atom stereocenters. The summed E-state index contributed by atoms with van der Waals surface area (Å²) in [6.07, 6.45) is 10.3. The quantitative estimate of drug-likeness (QED) is 0.154. The molecule has 0 amide bonds. The third-order valence-corrected chi connectivity index (χ3v) is 15.5. The molecule has 0 unspecified atom stereocenters. The Hall–Kier alpha value is -4.43. The van der Waals surface area contributed by atoms with Crippen LogP contribution in [0.3, 0.4) is 0 Å². The second-order valence-electron chi connectivity index (χ2n) is 19.8. The molecule has 3 fully saturated rings. The summed E-state index contributed by atoms with van der Waals surface area (Å²) < 4.78 is 0. The van der Waals surface area contributed by atoms with Crippen LogP contribution < -0.4 is 9.80 Å². The van der Waals surface area contributed by atoms with Crippen molar-refractivity contribution in [1.29, 1.82) is 0 Å². The molecule has 1 radical (unpaired) electrons. The van der Waals surface area contributed by atoms with E-state index in [0.29, 0.717) is 10.8 Å². The summed E-state index contributed by atoms with van der Waals surface area (Å²) in [6.45, 7) is 16.4. The van der Waals surface area contributed by atoms with Crippen molar-refractivity contribution >= 4 is 17.1 Å². The maximum absolute atomic E-state index is 3.58. The number of benzene rings is 6. The monoisotopic (exact) mass is 951 g/mol. The van der Waals surface area contributed by atoms with Gasteiger partial charge >= 0.3 is 0 Å². The van der Waals surface area contributed by atoms with Crippen LogP contribution in [0.5, 0.6) is 0 Å². The summed E-state index contributed by atoms with van der Waals surface area (Å²) in [4.78, 5) is 4.61. The van der Waals surface area contributed by atoms with E-state index in [1.807, 2.05) is 0 Å². The normalized spacial score (nSPS) is 22.4. The third-order valence-electron chi connectivity index (χ3n) is 15.5. The van der Waals surface area contributed by atoms with Crippen molar-refractivity contribution in [3.63, 3.8) is 0 Å². The number of aryl methyl sites for hydroxylation is 2. The van der Waals surface area contributed by atoms with Gasteiger partial charge in [-0.3, -0.25) is 0 Å². The Morgan fingerprint density at radius 3 is 1.54 bits per heavy atom. The van der Waals surface area contributed by atoms with Gasteiger partial charge in [0.15, 0.2) is 0 Å². The van der Waals surface area contributed by atoms with Crippen LogP contribution in [-0.2, 0) is 41.8 Å². The van der Waals surface area contributed by atoms with Gasteiger partial charge < -0.3 is 9.80 Å². The molecule has 1 aliphatic heterocycles. The minimum Gasteiger partial charge on any atom is -0.504 e. The van der Waals surface area contributed by atoms with Crippen LogP contribution in [0.1, 0.15) is 112 Å². The summed E-state index contributed by atoms with van der Waals surface area (Å²) in [7, 11) is 2.17. The summed E-state index contributed by atoms with van der Waals surface area (Å²) in [5.74, 6) is 0. The standard InChI is InChI=1S/C56H58N2.Ir/c1-38-32-41(18-22-47(38)40-16-20-45(21-17-40)56-29-26-55(27-30-56,28-31-56)44-13-9-8-10-14-44)42-19-23-48(39(2)33-42)43-12-11-15-46(34-43)58-37-57(7)51-35-49-50(36-52(51)58)54(5,6)25-24-53(49,3)4;/h8-14,16-23,32-37H,24-31H2,1-7H3;/q-2;. The van der Waals surface area contributed by atoms with E-state index in [-0.39, 0.29) is 30.9 Å². The molecule has 59 heavy (non-hydrogen) atoms. The van der Waals surface area contributed by atoms with Crippen LogP contribution in [0.25, 0.3) is 33.4 Å². The minimum atomic E-state index is 0. The molecular weight excluding hydrogens is 893 g/mol. The molecule has 11 rings (SSSR count). The van der Waals surface area contributed by atoms with Crippen LogP contribution in [0, 0.1) is 26.6 Å². The number of anilines is 3. The predicted molar refractivity (Wildman–Crippen MR) is 245 cm³/mol. The maximum Gasteiger partial charge on any atom is 0.0329 e. The molecule has 6 aromatic rings. The average molecular weight is 951 g/mol. The van der Waals surface area contributed by atoms with Crippen LogP contribution >= 0.6 is 0 Å². The van der Waals surface area contributed by atoms with Crippen LogP contribution in [0.4, 0.5) is 17.1 Å². The molecule has 0 spiro atoms. The Morgan fingerprint density at radius 1 is 0.508 bits per heavy atom. The molecule has 6 aromatic carbocycles. The van der Waals surface area contributed by atoms with Gasteiger partial charge in [-0.1, -0.05) is 119 Å². The first-order valence-corrected chi connectivity index (χ1v) is 21.8. The van der Waals surface area contributed by atoms with Crippen molar-refractivity contribution < 1.29 is 20.1 Å². The van der Waals surface area contributed by atoms with Gasteiger partial charge in [0.25, 0.3) is 0 Å². The molecule has 0 N–H and O–H groups in total. The Labute approximate surface area is 367 Å². The Bertz CT molecular complexity index is 2520. The van der Waals surface area contributed by atoms with Crippen molar-refractivity contribution in [3.8, 4) is 33.4 Å². The fraction of sp³-hybridized carbons (Fsp3) is 0.339. The van der Waals surface area contributed by atoms with E-state index in [1.54, 1.807) is 11.1 Å². The van der Waals surface area contributed by atoms with Gasteiger partial charge in [-0.25, -0.2) is 0 Å². The first-order chi connectivity index (χ1) is 27.8. The van der Waals surface area contributed by atoms with Gasteiger partial charge in [0.1, 0.15) is 0 Å². The number of hydrogen-bond acceptors (Lipinski definition) is 2. The second-order valence-corrected chi connectivity index (χ2v) is 19.8. The predicted octanol–water partition coefficient (Wildman–Crippen LogP) is 14.7. The van der Waals surface area contributed by atoms with Gasteiger partial charge in [-0.05, 0) is 167 Å². The number of hydrogen-bond donors (Lipinski definition) is 0. The molecule has 0 saturated heterocycles. The smallest absolute Gasteiger partial charge is 0.0329 e. The zero-order valence-corrected chi connectivity index (χ0v) is 38.4. The van der Waals surface area contributed by atoms with Crippen molar-refractivity contribution in [2.45, 2.75) is 115 Å². The molecule has 0 aromatic heterocycles. The zero-order chi connectivity index (χ0) is 40.0. The van der Waals surface area contributed by atoms with E-state index < -0.39 is 0 Å². The molecule has 303 valence electrons. The van der Waals surface area contributed by atoms with Crippen molar-refractivity contribution in [3.05, 3.63) is 167 Å². The van der Waals surface area contributed by atoms with E-state index in [1.165, 1.54) is 118 Å². The molecule has 3 heteroatoms. The van der Waals surface area contributed by atoms with E-state index in [9.17, 15) is 0 Å². The van der Waals surface area contributed by atoms with Gasteiger partial charge in [0, 0.05) is 31.5 Å². The minimum absolute atomic E-state index is 0. The summed E-state index contributed by atoms with van der Waals surface area (Å²) >= 11 is 0. The summed E-state index contributed by atoms with van der Waals surface area (Å²) in [5, 5.41) is 0. The molecule has 2 bridgehead atoms. The van der Waals surface area contributed by atoms with Crippen molar-refractivity contribution in [1.82, 2.24) is 0 Å². The Balaban J connectivity index is 0.00000449. The van der Waals surface area contributed by atoms with E-state index >= 15 is 0 Å². The Kier molecular flexibility index (Phi) is 9.92. The van der Waals surface area contributed by atoms with Crippen LogP contribution in [0.2, 0.25) is 0 Å². The van der Waals surface area contributed by atoms with E-state index in [2.05, 4.69) is 192 Å². The summed E-state index contributed by atoms with van der Waals surface area (Å²) in [5.41, 5.74) is 21.0. The number of fused-ring (bicyclic) bond motifs is 5. The van der Waals surface area contributed by atoms with Crippen LogP contribution in [-0.4, -0.2) is 7.05 Å². The molecular formula is C56H58IrN2-2. The van der Waals surface area contributed by atoms with Crippen LogP contribution in [0.15, 0.2) is 121 Å². The zero-order valence-electron chi connectivity index (χ0n) is 36.0. The van der Waals surface area contributed by atoms with Gasteiger partial charge in [-0.2, -0.15) is 24.9 Å². The van der Waals surface area contributed by atoms with E-state index in [4.69, 9.17) is 0 Å². The fourth-order valence-electron chi connectivity index (χ4n) is 11.5. The van der Waals surface area contributed by atoms with Crippen molar-refractivity contribution in [2.75, 3.05) is 16.8 Å². The SMILES string of the molecule is Cc1cc(-c2ccc(-c3cc[c-]c(N4[CH-]N(C)c5cc6c(cc54)C(C)(C)CCC6(C)C)c3)c(C)c2)ccc1-c1ccc(C23CCC(c4ccccc4)(CC2)CC3)cc1.[Ir]. The maximum atomic E-state index is 3.58. The Morgan fingerprint density at radius 2 is 1.00 bits per heavy atom. The molecule has 3 saturated carbocycles. The number of nitrogens with zero attached hydrogens (tertiary/aromatic N) is 2. The average Bonchev–Trinajstić information content (AvgIpc) is 3.58. The van der Waals surface area contributed by atoms with Gasteiger partial charge in [0.2, 0.25) is 0 Å². The molecule has 2 nitrogen and oxygen atoms in total. The van der Waals surface area contributed by atoms with Crippen molar-refractivity contribution in [2.24, 2.45) is 0 Å². The first kappa shape index (κ1) is 40.0. The van der Waals surface area contributed by atoms with Gasteiger partial charge in [0.05, 0.1) is 0 Å². The molecule has 5 aliphatic rings. The number of rotatable bonds is 6. The largest absolute Gasteiger partial charge is 0.504 e. The van der Waals surface area contributed by atoms with Gasteiger partial charge in [-0.15, -0.1) is 17.3 Å². The fourth-order valence-corrected chi connectivity index (χ4v) is 11.5. The summed E-state index contributed by atoms with van der Waals surface area (Å²) in [6, 6.07) is 50.1. The third kappa shape index (κ3) is 6.72. The first-order valence-electron chi connectivity index (χ1n) is 21.8.